The zero-order valence-corrected chi connectivity index (χ0v) is 19.0. The van der Waals surface area contributed by atoms with E-state index in [9.17, 15) is 24.3 Å². The Bertz CT molecular complexity index is 954. The number of imide groups is 1. The van der Waals surface area contributed by atoms with Crippen molar-refractivity contribution in [1.82, 2.24) is 15.2 Å². The minimum atomic E-state index is -1.32. The van der Waals surface area contributed by atoms with E-state index in [1.54, 1.807) is 24.0 Å². The SMILES string of the molecule is CC1(N)C[C@@](C(=O)O)(c2ccc(C3CCC(=O)NC3=O)cn2)CCN1C(=O)C1CCCCC1. The first-order valence-electron chi connectivity index (χ1n) is 11.8. The molecule has 3 heterocycles. The summed E-state index contributed by atoms with van der Waals surface area (Å²) in [6, 6.07) is 3.35. The molecule has 0 radical (unpaired) electrons. The summed E-state index contributed by atoms with van der Waals surface area (Å²) in [5, 5.41) is 12.6. The molecule has 4 rings (SSSR count). The lowest BCUT2D eigenvalue weighted by molar-refractivity contribution is -0.157. The number of carbonyl (C=O) groups is 4. The van der Waals surface area contributed by atoms with Crippen LogP contribution in [0.5, 0.6) is 0 Å². The van der Waals surface area contributed by atoms with Crippen LogP contribution in [-0.4, -0.2) is 50.9 Å². The molecule has 3 aliphatic rings. The lowest BCUT2D eigenvalue weighted by Gasteiger charge is -2.50. The van der Waals surface area contributed by atoms with Gasteiger partial charge in [-0.1, -0.05) is 25.3 Å². The van der Waals surface area contributed by atoms with Gasteiger partial charge in [-0.3, -0.25) is 29.5 Å². The summed E-state index contributed by atoms with van der Waals surface area (Å²) in [5.74, 6) is -2.17. The van der Waals surface area contributed by atoms with E-state index >= 15 is 0 Å². The number of pyridine rings is 1. The molecule has 9 heteroatoms. The molecule has 1 aliphatic carbocycles. The maximum atomic E-state index is 13.2. The third-order valence-electron chi connectivity index (χ3n) is 7.59. The van der Waals surface area contributed by atoms with Crippen LogP contribution in [0.4, 0.5) is 0 Å². The van der Waals surface area contributed by atoms with E-state index in [1.165, 1.54) is 6.20 Å². The number of hydrogen-bond acceptors (Lipinski definition) is 6. The summed E-state index contributed by atoms with van der Waals surface area (Å²) in [4.78, 5) is 55.4. The van der Waals surface area contributed by atoms with Crippen molar-refractivity contribution in [2.24, 2.45) is 11.7 Å². The molecule has 9 nitrogen and oxygen atoms in total. The highest BCUT2D eigenvalue weighted by molar-refractivity contribution is 6.00. The van der Waals surface area contributed by atoms with Crippen molar-refractivity contribution in [3.63, 3.8) is 0 Å². The maximum Gasteiger partial charge on any atom is 0.315 e. The Morgan fingerprint density at radius 2 is 1.91 bits per heavy atom. The Kier molecular flexibility index (Phi) is 6.26. The predicted octanol–water partition coefficient (Wildman–Crippen LogP) is 1.80. The molecule has 0 aromatic carbocycles. The number of nitrogens with zero attached hydrogens (tertiary/aromatic N) is 2. The number of aromatic nitrogens is 1. The highest BCUT2D eigenvalue weighted by atomic mass is 16.4. The number of aliphatic carboxylic acids is 1. The van der Waals surface area contributed by atoms with E-state index in [0.29, 0.717) is 17.7 Å². The molecule has 0 bridgehead atoms. The van der Waals surface area contributed by atoms with Gasteiger partial charge in [0.05, 0.1) is 17.3 Å². The molecule has 4 N–H and O–H groups in total. The van der Waals surface area contributed by atoms with Crippen LogP contribution in [0.25, 0.3) is 0 Å². The number of hydrogen-bond donors (Lipinski definition) is 3. The maximum absolute atomic E-state index is 13.2. The van der Waals surface area contributed by atoms with Crippen molar-refractivity contribution in [3.8, 4) is 0 Å². The molecule has 1 aromatic rings. The van der Waals surface area contributed by atoms with Crippen LogP contribution >= 0.6 is 0 Å². The molecule has 178 valence electrons. The Morgan fingerprint density at radius 3 is 2.48 bits per heavy atom. The standard InChI is InChI=1S/C24H32N4O5/c1-23(25)14-24(22(32)33,11-12-28(23)21(31)15-5-3-2-4-6-15)18-9-7-16(13-26-18)17-8-10-19(29)27-20(17)30/h7,9,13,15,17H,2-6,8,10-12,14,25H2,1H3,(H,32,33)(H,27,29,30)/t17?,23?,24-/m1/s1. The Morgan fingerprint density at radius 1 is 1.18 bits per heavy atom. The fourth-order valence-electron chi connectivity index (χ4n) is 5.70. The summed E-state index contributed by atoms with van der Waals surface area (Å²) >= 11 is 0. The van der Waals surface area contributed by atoms with Crippen LogP contribution in [0.3, 0.4) is 0 Å². The van der Waals surface area contributed by atoms with Gasteiger partial charge in [0.15, 0.2) is 0 Å². The van der Waals surface area contributed by atoms with Crippen LogP contribution in [-0.2, 0) is 24.6 Å². The van der Waals surface area contributed by atoms with E-state index in [2.05, 4.69) is 10.3 Å². The van der Waals surface area contributed by atoms with Crippen LogP contribution in [0.15, 0.2) is 18.3 Å². The van der Waals surface area contributed by atoms with Crippen molar-refractivity contribution < 1.29 is 24.3 Å². The summed E-state index contributed by atoms with van der Waals surface area (Å²) in [6.45, 7) is 1.98. The molecule has 2 aliphatic heterocycles. The number of nitrogens with two attached hydrogens (primary N) is 1. The average Bonchev–Trinajstić information content (AvgIpc) is 2.78. The number of carbonyl (C=O) groups excluding carboxylic acids is 3. The fraction of sp³-hybridized carbons (Fsp3) is 0.625. The Labute approximate surface area is 193 Å². The van der Waals surface area contributed by atoms with Crippen molar-refractivity contribution >= 4 is 23.7 Å². The smallest absolute Gasteiger partial charge is 0.315 e. The second-order valence-electron chi connectivity index (χ2n) is 9.98. The first-order chi connectivity index (χ1) is 15.6. The third kappa shape index (κ3) is 4.38. The monoisotopic (exact) mass is 456 g/mol. The van der Waals surface area contributed by atoms with E-state index in [0.717, 1.165) is 32.1 Å². The molecule has 1 saturated carbocycles. The van der Waals surface area contributed by atoms with Crippen molar-refractivity contribution in [3.05, 3.63) is 29.6 Å². The quantitative estimate of drug-likeness (QED) is 0.586. The zero-order valence-electron chi connectivity index (χ0n) is 19.0. The van der Waals surface area contributed by atoms with Crippen LogP contribution in [0, 0.1) is 5.92 Å². The summed E-state index contributed by atoms with van der Waals surface area (Å²) in [6.07, 6.45) is 7.39. The topological polar surface area (TPSA) is 143 Å². The summed E-state index contributed by atoms with van der Waals surface area (Å²) in [5.41, 5.74) is 5.16. The van der Waals surface area contributed by atoms with E-state index in [1.807, 2.05) is 0 Å². The first-order valence-corrected chi connectivity index (χ1v) is 11.8. The number of likely N-dealkylation sites (tertiary alicyclic amines) is 1. The Balaban J connectivity index is 1.55. The number of carboxylic acid groups (broad SMARTS) is 1. The number of carboxylic acids is 1. The second kappa shape index (κ2) is 8.85. The molecule has 2 saturated heterocycles. The normalized spacial score (nSPS) is 31.2. The average molecular weight is 457 g/mol. The predicted molar refractivity (Wildman–Crippen MR) is 119 cm³/mol. The van der Waals surface area contributed by atoms with Gasteiger partial charge in [0.25, 0.3) is 0 Å². The largest absolute Gasteiger partial charge is 0.481 e. The molecule has 33 heavy (non-hydrogen) atoms. The molecule has 0 spiro atoms. The van der Waals surface area contributed by atoms with Gasteiger partial charge in [-0.25, -0.2) is 0 Å². The lowest BCUT2D eigenvalue weighted by atomic mass is 9.70. The van der Waals surface area contributed by atoms with Gasteiger partial charge in [-0.2, -0.15) is 0 Å². The molecular formula is C24H32N4O5. The van der Waals surface area contributed by atoms with E-state index < -0.39 is 23.0 Å². The van der Waals surface area contributed by atoms with Gasteiger partial charge in [0.2, 0.25) is 17.7 Å². The minimum Gasteiger partial charge on any atom is -0.481 e. The first kappa shape index (κ1) is 23.4. The van der Waals surface area contributed by atoms with Gasteiger partial charge in [-0.15, -0.1) is 0 Å². The van der Waals surface area contributed by atoms with Crippen molar-refractivity contribution in [2.45, 2.75) is 81.7 Å². The van der Waals surface area contributed by atoms with Crippen LogP contribution in [0.1, 0.15) is 81.9 Å². The number of rotatable bonds is 4. The highest BCUT2D eigenvalue weighted by Crippen LogP contribution is 2.42. The third-order valence-corrected chi connectivity index (χ3v) is 7.59. The van der Waals surface area contributed by atoms with Crippen LogP contribution < -0.4 is 11.1 Å². The minimum absolute atomic E-state index is 0.0276. The fourth-order valence-corrected chi connectivity index (χ4v) is 5.70. The van der Waals surface area contributed by atoms with Crippen molar-refractivity contribution in [1.29, 1.82) is 0 Å². The molecule has 3 amide bonds. The van der Waals surface area contributed by atoms with E-state index in [4.69, 9.17) is 5.73 Å². The summed E-state index contributed by atoms with van der Waals surface area (Å²) < 4.78 is 0. The lowest BCUT2D eigenvalue weighted by Crippen LogP contribution is -2.66. The molecular weight excluding hydrogens is 424 g/mol. The van der Waals surface area contributed by atoms with Gasteiger partial charge in [0, 0.05) is 31.5 Å². The molecule has 3 atom stereocenters. The Hall–Kier alpha value is -2.81. The summed E-state index contributed by atoms with van der Waals surface area (Å²) in [7, 11) is 0. The molecule has 2 unspecified atom stereocenters. The zero-order chi connectivity index (χ0) is 23.8. The van der Waals surface area contributed by atoms with E-state index in [-0.39, 0.29) is 49.4 Å². The number of amides is 3. The van der Waals surface area contributed by atoms with Crippen molar-refractivity contribution in [2.75, 3.05) is 6.54 Å². The molecule has 3 fully saturated rings. The van der Waals surface area contributed by atoms with Gasteiger partial charge < -0.3 is 15.7 Å². The highest BCUT2D eigenvalue weighted by Gasteiger charge is 2.53. The van der Waals surface area contributed by atoms with Crippen LogP contribution in [0.2, 0.25) is 0 Å². The van der Waals surface area contributed by atoms with Gasteiger partial charge in [0.1, 0.15) is 5.41 Å². The second-order valence-corrected chi connectivity index (χ2v) is 9.98. The molecule has 1 aromatic heterocycles. The van der Waals surface area contributed by atoms with Gasteiger partial charge >= 0.3 is 5.97 Å². The van der Waals surface area contributed by atoms with Gasteiger partial charge in [-0.05, 0) is 44.2 Å². The number of piperidine rings is 2. The number of nitrogens with one attached hydrogen (secondary N) is 1.